The molecule has 4 nitrogen and oxygen atoms in total. The Balaban J connectivity index is 2.24. The third kappa shape index (κ3) is 2.42. The molecule has 0 aliphatic rings. The van der Waals surface area contributed by atoms with Crippen LogP contribution in [0, 0.1) is 6.92 Å². The Morgan fingerprint density at radius 1 is 1.47 bits per heavy atom. The first-order valence-corrected chi connectivity index (χ1v) is 5.93. The highest BCUT2D eigenvalue weighted by Gasteiger charge is 2.10. The Hall–Kier alpha value is -1.55. The molecule has 0 aliphatic heterocycles. The molecule has 0 amide bonds. The van der Waals surface area contributed by atoms with Crippen LogP contribution in [0.1, 0.15) is 30.0 Å². The average molecular weight is 232 g/mol. The van der Waals surface area contributed by atoms with Crippen molar-refractivity contribution in [1.82, 2.24) is 19.7 Å². The molecule has 17 heavy (non-hydrogen) atoms. The van der Waals surface area contributed by atoms with Crippen LogP contribution in [0.3, 0.4) is 0 Å². The molecule has 92 valence electrons. The van der Waals surface area contributed by atoms with Gasteiger partial charge < -0.3 is 9.88 Å². The fourth-order valence-electron chi connectivity index (χ4n) is 2.10. The molecule has 0 aromatic carbocycles. The summed E-state index contributed by atoms with van der Waals surface area (Å²) in [6, 6.07) is 6.74. The van der Waals surface area contributed by atoms with E-state index in [1.165, 1.54) is 11.4 Å². The summed E-state index contributed by atoms with van der Waals surface area (Å²) in [6.07, 6.45) is 2.12. The van der Waals surface area contributed by atoms with E-state index < -0.39 is 0 Å². The smallest absolute Gasteiger partial charge is 0.0642 e. The molecule has 2 aromatic heterocycles. The maximum atomic E-state index is 4.37. The molecule has 1 N–H and O–H groups in total. The van der Waals surface area contributed by atoms with Crippen molar-refractivity contribution in [2.45, 2.75) is 26.4 Å². The van der Waals surface area contributed by atoms with Crippen molar-refractivity contribution in [3.63, 3.8) is 0 Å². The van der Waals surface area contributed by atoms with Gasteiger partial charge in [-0.15, -0.1) is 0 Å². The van der Waals surface area contributed by atoms with Gasteiger partial charge in [0.05, 0.1) is 17.9 Å². The third-order valence-electron chi connectivity index (χ3n) is 3.17. The maximum absolute atomic E-state index is 4.37. The minimum atomic E-state index is 0.360. The van der Waals surface area contributed by atoms with E-state index in [9.17, 15) is 0 Å². The SMILES string of the molecule is CNC(C)c1cccn1Cc1cc(C)nn1C. The number of aryl methyl sites for hydroxylation is 2. The summed E-state index contributed by atoms with van der Waals surface area (Å²) in [5.74, 6) is 0. The minimum absolute atomic E-state index is 0.360. The second-order valence-electron chi connectivity index (χ2n) is 4.47. The molecule has 0 saturated carbocycles. The lowest BCUT2D eigenvalue weighted by Gasteiger charge is -2.14. The lowest BCUT2D eigenvalue weighted by atomic mass is 10.2. The fraction of sp³-hybridized carbons (Fsp3) is 0.462. The van der Waals surface area contributed by atoms with Gasteiger partial charge in [0.15, 0.2) is 0 Å². The standard InChI is InChI=1S/C13H20N4/c1-10-8-12(16(4)15-10)9-17-7-5-6-13(17)11(2)14-3/h5-8,11,14H,9H2,1-4H3. The summed E-state index contributed by atoms with van der Waals surface area (Å²) < 4.78 is 4.21. The van der Waals surface area contributed by atoms with Crippen LogP contribution in [-0.2, 0) is 13.6 Å². The Morgan fingerprint density at radius 2 is 2.24 bits per heavy atom. The van der Waals surface area contributed by atoms with Crippen molar-refractivity contribution in [3.05, 3.63) is 41.5 Å². The van der Waals surface area contributed by atoms with Crippen molar-refractivity contribution in [3.8, 4) is 0 Å². The summed E-state index contributed by atoms with van der Waals surface area (Å²) in [4.78, 5) is 0. The summed E-state index contributed by atoms with van der Waals surface area (Å²) in [5, 5.41) is 7.64. The monoisotopic (exact) mass is 232 g/mol. The number of hydrogen-bond donors (Lipinski definition) is 1. The first kappa shape index (κ1) is 11.9. The summed E-state index contributed by atoms with van der Waals surface area (Å²) in [6.45, 7) is 5.06. The van der Waals surface area contributed by atoms with E-state index in [-0.39, 0.29) is 0 Å². The average Bonchev–Trinajstić information content (AvgIpc) is 2.86. The van der Waals surface area contributed by atoms with Gasteiger partial charge in [-0.2, -0.15) is 5.10 Å². The lowest BCUT2D eigenvalue weighted by Crippen LogP contribution is -2.17. The Labute approximate surface area is 102 Å². The second kappa shape index (κ2) is 4.75. The number of hydrogen-bond acceptors (Lipinski definition) is 2. The molecule has 0 saturated heterocycles. The van der Waals surface area contributed by atoms with Crippen molar-refractivity contribution < 1.29 is 0 Å². The van der Waals surface area contributed by atoms with Gasteiger partial charge in [0.25, 0.3) is 0 Å². The van der Waals surface area contributed by atoms with Crippen molar-refractivity contribution in [2.24, 2.45) is 7.05 Å². The van der Waals surface area contributed by atoms with Gasteiger partial charge in [-0.25, -0.2) is 0 Å². The van der Waals surface area contributed by atoms with E-state index in [4.69, 9.17) is 0 Å². The van der Waals surface area contributed by atoms with E-state index in [2.05, 4.69) is 46.3 Å². The molecule has 2 heterocycles. The summed E-state index contributed by atoms with van der Waals surface area (Å²) in [7, 11) is 3.98. The van der Waals surface area contributed by atoms with E-state index in [0.717, 1.165) is 12.2 Å². The highest BCUT2D eigenvalue weighted by atomic mass is 15.3. The zero-order chi connectivity index (χ0) is 12.4. The predicted octanol–water partition coefficient (Wildman–Crippen LogP) is 1.86. The van der Waals surface area contributed by atoms with Gasteiger partial charge in [0.2, 0.25) is 0 Å². The van der Waals surface area contributed by atoms with E-state index in [0.29, 0.717) is 6.04 Å². The molecule has 1 atom stereocenters. The maximum Gasteiger partial charge on any atom is 0.0642 e. The van der Waals surface area contributed by atoms with Crippen LogP contribution >= 0.6 is 0 Å². The van der Waals surface area contributed by atoms with Gasteiger partial charge >= 0.3 is 0 Å². The van der Waals surface area contributed by atoms with Gasteiger partial charge in [0.1, 0.15) is 0 Å². The molecule has 0 aliphatic carbocycles. The molecule has 0 radical (unpaired) electrons. The van der Waals surface area contributed by atoms with E-state index >= 15 is 0 Å². The first-order valence-electron chi connectivity index (χ1n) is 5.93. The Bertz CT molecular complexity index is 495. The van der Waals surface area contributed by atoms with Crippen LogP contribution in [0.15, 0.2) is 24.4 Å². The van der Waals surface area contributed by atoms with E-state index in [1.807, 2.05) is 25.7 Å². The fourth-order valence-corrected chi connectivity index (χ4v) is 2.10. The highest BCUT2D eigenvalue weighted by Crippen LogP contribution is 2.15. The van der Waals surface area contributed by atoms with Gasteiger partial charge in [-0.1, -0.05) is 0 Å². The van der Waals surface area contributed by atoms with E-state index in [1.54, 1.807) is 0 Å². The summed E-state index contributed by atoms with van der Waals surface area (Å²) >= 11 is 0. The normalized spacial score (nSPS) is 12.9. The number of nitrogens with zero attached hydrogens (tertiary/aromatic N) is 3. The first-order chi connectivity index (χ1) is 8.11. The topological polar surface area (TPSA) is 34.8 Å². The second-order valence-corrected chi connectivity index (χ2v) is 4.47. The Kier molecular flexibility index (Phi) is 3.33. The third-order valence-corrected chi connectivity index (χ3v) is 3.17. The predicted molar refractivity (Wildman–Crippen MR) is 69.0 cm³/mol. The van der Waals surface area contributed by atoms with Crippen molar-refractivity contribution in [2.75, 3.05) is 7.05 Å². The minimum Gasteiger partial charge on any atom is -0.344 e. The molecule has 2 rings (SSSR count). The summed E-state index contributed by atoms with van der Waals surface area (Å²) in [5.41, 5.74) is 3.59. The van der Waals surface area contributed by atoms with Crippen molar-refractivity contribution >= 4 is 0 Å². The van der Waals surface area contributed by atoms with Crippen LogP contribution in [0.25, 0.3) is 0 Å². The molecule has 0 bridgehead atoms. The number of rotatable bonds is 4. The van der Waals surface area contributed by atoms with Crippen LogP contribution < -0.4 is 5.32 Å². The van der Waals surface area contributed by atoms with Gasteiger partial charge in [-0.05, 0) is 39.1 Å². The largest absolute Gasteiger partial charge is 0.344 e. The Morgan fingerprint density at radius 3 is 2.82 bits per heavy atom. The van der Waals surface area contributed by atoms with Gasteiger partial charge in [0, 0.05) is 25.0 Å². The van der Waals surface area contributed by atoms with Crippen LogP contribution in [0.5, 0.6) is 0 Å². The van der Waals surface area contributed by atoms with Crippen LogP contribution in [0.2, 0.25) is 0 Å². The van der Waals surface area contributed by atoms with Gasteiger partial charge in [-0.3, -0.25) is 4.68 Å². The zero-order valence-electron chi connectivity index (χ0n) is 10.9. The lowest BCUT2D eigenvalue weighted by molar-refractivity contribution is 0.575. The molecular formula is C13H20N4. The molecule has 2 aromatic rings. The highest BCUT2D eigenvalue weighted by molar-refractivity contribution is 5.15. The van der Waals surface area contributed by atoms with Crippen LogP contribution in [-0.4, -0.2) is 21.4 Å². The molecular weight excluding hydrogens is 212 g/mol. The molecule has 0 fully saturated rings. The number of nitrogens with one attached hydrogen (secondary N) is 1. The van der Waals surface area contributed by atoms with Crippen molar-refractivity contribution in [1.29, 1.82) is 0 Å². The number of aromatic nitrogens is 3. The molecule has 1 unspecified atom stereocenters. The molecule has 4 heteroatoms. The quantitative estimate of drug-likeness (QED) is 0.873. The van der Waals surface area contributed by atoms with Crippen LogP contribution in [0.4, 0.5) is 0 Å². The molecule has 0 spiro atoms. The zero-order valence-corrected chi connectivity index (χ0v) is 10.9.